The molecule has 0 radical (unpaired) electrons. The Hall–Kier alpha value is -1.42. The molecule has 188 valence electrons. The number of benzene rings is 1. The van der Waals surface area contributed by atoms with E-state index in [-0.39, 0.29) is 12.6 Å². The average Bonchev–Trinajstić information content (AvgIpc) is 2.84. The minimum Gasteiger partial charge on any atom is -0.491 e. The zero-order valence-corrected chi connectivity index (χ0v) is 20.0. The maximum Gasteiger partial charge on any atom is 0.157 e. The van der Waals surface area contributed by atoms with Crippen molar-refractivity contribution in [3.63, 3.8) is 0 Å². The molecule has 2 aliphatic rings. The molecule has 2 aliphatic heterocycles. The second kappa shape index (κ2) is 16.2. The van der Waals surface area contributed by atoms with Crippen molar-refractivity contribution in [1.82, 2.24) is 0 Å². The van der Waals surface area contributed by atoms with E-state index in [0.717, 1.165) is 56.0 Å². The highest BCUT2D eigenvalue weighted by Gasteiger charge is 2.14. The molecule has 1 aromatic rings. The van der Waals surface area contributed by atoms with Crippen LogP contribution in [-0.4, -0.2) is 78.6 Å². The molecule has 8 heteroatoms. The molecule has 2 heterocycles. The van der Waals surface area contributed by atoms with Gasteiger partial charge in [0.25, 0.3) is 0 Å². The lowest BCUT2D eigenvalue weighted by Crippen LogP contribution is -2.24. The van der Waals surface area contributed by atoms with Crippen molar-refractivity contribution in [2.24, 2.45) is 0 Å². The third-order valence-corrected chi connectivity index (χ3v) is 5.36. The number of hydrogen-bond acceptors (Lipinski definition) is 8. The summed E-state index contributed by atoms with van der Waals surface area (Å²) in [5, 5.41) is 0. The number of aryl methyl sites for hydroxylation is 1. The molecule has 2 fully saturated rings. The van der Waals surface area contributed by atoms with Gasteiger partial charge in [0.05, 0.1) is 39.6 Å². The first kappa shape index (κ1) is 26.2. The van der Waals surface area contributed by atoms with Crippen LogP contribution in [0, 0.1) is 6.92 Å². The minimum absolute atomic E-state index is 0.0702. The lowest BCUT2D eigenvalue weighted by Gasteiger charge is -2.22. The van der Waals surface area contributed by atoms with Crippen LogP contribution in [0.3, 0.4) is 0 Å². The van der Waals surface area contributed by atoms with Crippen LogP contribution < -0.4 is 9.47 Å². The monoisotopic (exact) mass is 468 g/mol. The SMILES string of the molecule is Cc1cc(OCCOCCOC2CCCCO2)cc(OCCOCCOC2CCCCO2)c1. The van der Waals surface area contributed by atoms with Crippen molar-refractivity contribution in [2.45, 2.75) is 58.0 Å². The van der Waals surface area contributed by atoms with E-state index in [0.29, 0.717) is 52.9 Å². The first-order valence-corrected chi connectivity index (χ1v) is 12.3. The van der Waals surface area contributed by atoms with Crippen molar-refractivity contribution in [3.05, 3.63) is 23.8 Å². The van der Waals surface area contributed by atoms with Crippen molar-refractivity contribution < 1.29 is 37.9 Å². The van der Waals surface area contributed by atoms with Crippen molar-refractivity contribution >= 4 is 0 Å². The van der Waals surface area contributed by atoms with Gasteiger partial charge in [0.2, 0.25) is 0 Å². The van der Waals surface area contributed by atoms with Gasteiger partial charge >= 0.3 is 0 Å². The molecule has 2 unspecified atom stereocenters. The van der Waals surface area contributed by atoms with Gasteiger partial charge in [0.15, 0.2) is 12.6 Å². The lowest BCUT2D eigenvalue weighted by atomic mass is 10.2. The minimum atomic E-state index is -0.0702. The number of hydrogen-bond donors (Lipinski definition) is 0. The largest absolute Gasteiger partial charge is 0.491 e. The molecule has 2 saturated heterocycles. The van der Waals surface area contributed by atoms with E-state index < -0.39 is 0 Å². The van der Waals surface area contributed by atoms with Gasteiger partial charge in [-0.1, -0.05) is 0 Å². The fourth-order valence-electron chi connectivity index (χ4n) is 3.68. The molecular weight excluding hydrogens is 428 g/mol. The first-order chi connectivity index (χ1) is 16.3. The topological polar surface area (TPSA) is 73.8 Å². The maximum absolute atomic E-state index is 5.81. The van der Waals surface area contributed by atoms with E-state index in [1.165, 1.54) is 12.8 Å². The second-order valence-corrected chi connectivity index (χ2v) is 8.24. The van der Waals surface area contributed by atoms with Crippen LogP contribution >= 0.6 is 0 Å². The van der Waals surface area contributed by atoms with Crippen LogP contribution in [0.25, 0.3) is 0 Å². The molecule has 0 bridgehead atoms. The van der Waals surface area contributed by atoms with Crippen LogP contribution in [0.1, 0.15) is 44.1 Å². The summed E-state index contributed by atoms with van der Waals surface area (Å²) in [7, 11) is 0. The second-order valence-electron chi connectivity index (χ2n) is 8.24. The van der Waals surface area contributed by atoms with Crippen molar-refractivity contribution in [3.8, 4) is 11.5 Å². The molecule has 0 aliphatic carbocycles. The number of ether oxygens (including phenoxy) is 8. The van der Waals surface area contributed by atoms with Gasteiger partial charge in [-0.25, -0.2) is 0 Å². The van der Waals surface area contributed by atoms with Gasteiger partial charge in [-0.3, -0.25) is 0 Å². The predicted octanol–water partition coefficient (Wildman–Crippen LogP) is 3.87. The molecule has 0 amide bonds. The third-order valence-electron chi connectivity index (χ3n) is 5.36. The molecule has 0 saturated carbocycles. The third kappa shape index (κ3) is 11.5. The Morgan fingerprint density at radius 2 is 1.12 bits per heavy atom. The van der Waals surface area contributed by atoms with Crippen molar-refractivity contribution in [1.29, 1.82) is 0 Å². The fraction of sp³-hybridized carbons (Fsp3) is 0.760. The molecular formula is C25H40O8. The Morgan fingerprint density at radius 1 is 0.636 bits per heavy atom. The summed E-state index contributed by atoms with van der Waals surface area (Å²) in [6.45, 7) is 7.68. The van der Waals surface area contributed by atoms with E-state index >= 15 is 0 Å². The maximum atomic E-state index is 5.81. The molecule has 8 nitrogen and oxygen atoms in total. The van der Waals surface area contributed by atoms with E-state index in [1.54, 1.807) is 0 Å². The van der Waals surface area contributed by atoms with Gasteiger partial charge in [-0.15, -0.1) is 0 Å². The normalized spacial score (nSPS) is 21.1. The van der Waals surface area contributed by atoms with E-state index in [2.05, 4.69) is 0 Å². The van der Waals surface area contributed by atoms with Crippen LogP contribution in [-0.2, 0) is 28.4 Å². The fourth-order valence-corrected chi connectivity index (χ4v) is 3.68. The molecule has 3 rings (SSSR count). The smallest absolute Gasteiger partial charge is 0.157 e. The van der Waals surface area contributed by atoms with Gasteiger partial charge in [0.1, 0.15) is 24.7 Å². The van der Waals surface area contributed by atoms with Crippen LogP contribution in [0.5, 0.6) is 11.5 Å². The van der Waals surface area contributed by atoms with Crippen molar-refractivity contribution in [2.75, 3.05) is 66.1 Å². The highest BCUT2D eigenvalue weighted by Crippen LogP contribution is 2.22. The Labute approximate surface area is 197 Å². The highest BCUT2D eigenvalue weighted by molar-refractivity contribution is 5.37. The van der Waals surface area contributed by atoms with Gasteiger partial charge in [-0.2, -0.15) is 0 Å². The molecule has 0 spiro atoms. The zero-order valence-electron chi connectivity index (χ0n) is 20.0. The van der Waals surface area contributed by atoms with Crippen LogP contribution in [0.4, 0.5) is 0 Å². The van der Waals surface area contributed by atoms with Gasteiger partial charge < -0.3 is 37.9 Å². The molecule has 1 aromatic carbocycles. The first-order valence-electron chi connectivity index (χ1n) is 12.3. The average molecular weight is 469 g/mol. The van der Waals surface area contributed by atoms with E-state index in [1.807, 2.05) is 25.1 Å². The van der Waals surface area contributed by atoms with Gasteiger partial charge in [-0.05, 0) is 63.1 Å². The lowest BCUT2D eigenvalue weighted by molar-refractivity contribution is -0.169. The van der Waals surface area contributed by atoms with Gasteiger partial charge in [0, 0.05) is 19.3 Å². The number of rotatable bonds is 16. The Balaban J connectivity index is 1.19. The summed E-state index contributed by atoms with van der Waals surface area (Å²) < 4.78 is 45.1. The quantitative estimate of drug-likeness (QED) is 0.339. The van der Waals surface area contributed by atoms with E-state index in [9.17, 15) is 0 Å². The molecule has 0 N–H and O–H groups in total. The molecule has 0 aromatic heterocycles. The van der Waals surface area contributed by atoms with Crippen LogP contribution in [0.2, 0.25) is 0 Å². The Bertz CT molecular complexity index is 579. The predicted molar refractivity (Wildman–Crippen MR) is 123 cm³/mol. The zero-order chi connectivity index (χ0) is 23.0. The summed E-state index contributed by atoms with van der Waals surface area (Å²) in [5.74, 6) is 1.53. The Morgan fingerprint density at radius 3 is 1.58 bits per heavy atom. The summed E-state index contributed by atoms with van der Waals surface area (Å²) in [5.41, 5.74) is 1.08. The van der Waals surface area contributed by atoms with E-state index in [4.69, 9.17) is 37.9 Å². The summed E-state index contributed by atoms with van der Waals surface area (Å²) in [4.78, 5) is 0. The molecule has 2 atom stereocenters. The summed E-state index contributed by atoms with van der Waals surface area (Å²) in [6.07, 6.45) is 6.38. The summed E-state index contributed by atoms with van der Waals surface area (Å²) in [6, 6.07) is 5.86. The highest BCUT2D eigenvalue weighted by atomic mass is 16.7. The standard InChI is InChI=1S/C25H40O8/c1-21-18-22(28-14-10-26-12-16-32-24-6-2-4-8-30-24)20-23(19-21)29-15-11-27-13-17-33-25-7-3-5-9-31-25/h18-20,24-25H,2-17H2,1H3. The molecule has 33 heavy (non-hydrogen) atoms. The Kier molecular flexibility index (Phi) is 12.9. The van der Waals surface area contributed by atoms with Crippen LogP contribution in [0.15, 0.2) is 18.2 Å². The summed E-state index contributed by atoms with van der Waals surface area (Å²) >= 11 is 0.